The highest BCUT2D eigenvalue weighted by atomic mass is 16.5. The number of ether oxygens (including phenoxy) is 2. The Morgan fingerprint density at radius 2 is 2.26 bits per heavy atom. The fraction of sp³-hybridized carbons (Fsp3) is 0.533. The van der Waals surface area contributed by atoms with E-state index in [0.717, 1.165) is 23.4 Å². The van der Waals surface area contributed by atoms with Crippen molar-refractivity contribution in [2.45, 2.75) is 26.4 Å². The first-order valence-corrected chi connectivity index (χ1v) is 6.81. The second-order valence-electron chi connectivity index (χ2n) is 5.41. The fourth-order valence-electron chi connectivity index (χ4n) is 2.71. The molecule has 2 heterocycles. The molecule has 0 N–H and O–H groups in total. The van der Waals surface area contributed by atoms with Crippen LogP contribution in [0.15, 0.2) is 18.2 Å². The van der Waals surface area contributed by atoms with Crippen molar-refractivity contribution < 1.29 is 14.3 Å². The monoisotopic (exact) mass is 261 g/mol. The van der Waals surface area contributed by atoms with Crippen LogP contribution >= 0.6 is 0 Å². The fourth-order valence-corrected chi connectivity index (χ4v) is 2.71. The Bertz CT molecular complexity index is 494. The van der Waals surface area contributed by atoms with Gasteiger partial charge < -0.3 is 14.4 Å². The molecule has 2 atom stereocenters. The first-order chi connectivity index (χ1) is 9.15. The van der Waals surface area contributed by atoms with Gasteiger partial charge in [-0.1, -0.05) is 6.07 Å². The molecule has 1 saturated heterocycles. The van der Waals surface area contributed by atoms with Gasteiger partial charge in [0.1, 0.15) is 11.9 Å². The Morgan fingerprint density at radius 1 is 1.42 bits per heavy atom. The third-order valence-electron chi connectivity index (χ3n) is 3.72. The van der Waals surface area contributed by atoms with E-state index < -0.39 is 0 Å². The lowest BCUT2D eigenvalue weighted by molar-refractivity contribution is -0.122. The first kappa shape index (κ1) is 12.5. The van der Waals surface area contributed by atoms with Crippen LogP contribution in [-0.2, 0) is 9.53 Å². The van der Waals surface area contributed by atoms with Crippen LogP contribution in [0.1, 0.15) is 18.9 Å². The highest BCUT2D eigenvalue weighted by molar-refractivity contribution is 5.97. The van der Waals surface area contributed by atoms with Gasteiger partial charge >= 0.3 is 0 Å². The van der Waals surface area contributed by atoms with Crippen molar-refractivity contribution >= 4 is 11.6 Å². The number of anilines is 1. The zero-order chi connectivity index (χ0) is 13.4. The SMILES string of the molecule is Cc1ccc2c(c1)N(C(=O)[C@H]1CCOC1)C[C@H](C)O2. The van der Waals surface area contributed by atoms with Gasteiger partial charge in [0.2, 0.25) is 5.91 Å². The minimum Gasteiger partial charge on any atom is -0.487 e. The molecule has 1 amide bonds. The summed E-state index contributed by atoms with van der Waals surface area (Å²) in [6.45, 7) is 5.88. The summed E-state index contributed by atoms with van der Waals surface area (Å²) in [5, 5.41) is 0. The van der Waals surface area contributed by atoms with Crippen LogP contribution in [0.3, 0.4) is 0 Å². The van der Waals surface area contributed by atoms with Crippen LogP contribution in [0.5, 0.6) is 5.75 Å². The molecule has 102 valence electrons. The van der Waals surface area contributed by atoms with Crippen molar-refractivity contribution in [3.8, 4) is 5.75 Å². The zero-order valence-electron chi connectivity index (χ0n) is 11.4. The van der Waals surface area contributed by atoms with Gasteiger partial charge in [0.15, 0.2) is 0 Å². The lowest BCUT2D eigenvalue weighted by Crippen LogP contribution is -2.45. The molecule has 2 aliphatic rings. The van der Waals surface area contributed by atoms with Crippen LogP contribution in [0.2, 0.25) is 0 Å². The number of amides is 1. The van der Waals surface area contributed by atoms with Gasteiger partial charge in [0, 0.05) is 6.61 Å². The third kappa shape index (κ3) is 2.32. The van der Waals surface area contributed by atoms with E-state index in [1.807, 2.05) is 36.9 Å². The largest absolute Gasteiger partial charge is 0.487 e. The zero-order valence-corrected chi connectivity index (χ0v) is 11.4. The van der Waals surface area contributed by atoms with E-state index in [9.17, 15) is 4.79 Å². The van der Waals surface area contributed by atoms with E-state index in [0.29, 0.717) is 19.8 Å². The highest BCUT2D eigenvalue weighted by Crippen LogP contribution is 2.35. The number of aryl methyl sites for hydroxylation is 1. The van der Waals surface area contributed by atoms with Crippen LogP contribution in [0.4, 0.5) is 5.69 Å². The molecule has 1 fully saturated rings. The molecule has 0 aromatic heterocycles. The van der Waals surface area contributed by atoms with Crippen LogP contribution in [0, 0.1) is 12.8 Å². The maximum Gasteiger partial charge on any atom is 0.232 e. The summed E-state index contributed by atoms with van der Waals surface area (Å²) >= 11 is 0. The molecule has 0 saturated carbocycles. The lowest BCUT2D eigenvalue weighted by atomic mass is 10.0. The number of nitrogens with zero attached hydrogens (tertiary/aromatic N) is 1. The maximum atomic E-state index is 12.6. The van der Waals surface area contributed by atoms with E-state index in [1.54, 1.807) is 0 Å². The van der Waals surface area contributed by atoms with Crippen molar-refractivity contribution in [2.75, 3.05) is 24.7 Å². The van der Waals surface area contributed by atoms with Crippen molar-refractivity contribution in [3.63, 3.8) is 0 Å². The van der Waals surface area contributed by atoms with Gasteiger partial charge in [0.25, 0.3) is 0 Å². The van der Waals surface area contributed by atoms with E-state index in [2.05, 4.69) is 0 Å². The summed E-state index contributed by atoms with van der Waals surface area (Å²) in [7, 11) is 0. The molecule has 4 heteroatoms. The second kappa shape index (κ2) is 4.85. The van der Waals surface area contributed by atoms with Gasteiger partial charge in [-0.25, -0.2) is 0 Å². The summed E-state index contributed by atoms with van der Waals surface area (Å²) in [5.41, 5.74) is 2.03. The number of benzene rings is 1. The summed E-state index contributed by atoms with van der Waals surface area (Å²) < 4.78 is 11.1. The number of carbonyl (C=O) groups is 1. The molecule has 1 aromatic rings. The predicted molar refractivity (Wildman–Crippen MR) is 72.5 cm³/mol. The topological polar surface area (TPSA) is 38.8 Å². The van der Waals surface area contributed by atoms with E-state index in [1.165, 1.54) is 0 Å². The number of fused-ring (bicyclic) bond motifs is 1. The minimum atomic E-state index is -0.00124. The quantitative estimate of drug-likeness (QED) is 0.777. The number of rotatable bonds is 1. The minimum absolute atomic E-state index is 0.00124. The van der Waals surface area contributed by atoms with Gasteiger partial charge in [0.05, 0.1) is 24.8 Å². The molecule has 3 rings (SSSR count). The summed E-state index contributed by atoms with van der Waals surface area (Å²) in [5.74, 6) is 0.967. The van der Waals surface area contributed by atoms with E-state index >= 15 is 0 Å². The highest BCUT2D eigenvalue weighted by Gasteiger charge is 2.33. The average Bonchev–Trinajstić information content (AvgIpc) is 2.91. The molecule has 0 unspecified atom stereocenters. The maximum absolute atomic E-state index is 12.6. The van der Waals surface area contributed by atoms with Gasteiger partial charge in [-0.2, -0.15) is 0 Å². The third-order valence-corrected chi connectivity index (χ3v) is 3.72. The van der Waals surface area contributed by atoms with Crippen molar-refractivity contribution in [3.05, 3.63) is 23.8 Å². The van der Waals surface area contributed by atoms with Gasteiger partial charge in [-0.3, -0.25) is 4.79 Å². The molecular weight excluding hydrogens is 242 g/mol. The second-order valence-corrected chi connectivity index (χ2v) is 5.41. The lowest BCUT2D eigenvalue weighted by Gasteiger charge is -2.34. The normalized spacial score (nSPS) is 25.9. The molecule has 0 bridgehead atoms. The van der Waals surface area contributed by atoms with Crippen molar-refractivity contribution in [2.24, 2.45) is 5.92 Å². The van der Waals surface area contributed by atoms with E-state index in [4.69, 9.17) is 9.47 Å². The standard InChI is InChI=1S/C15H19NO3/c1-10-3-4-14-13(7-10)16(8-11(2)19-14)15(17)12-5-6-18-9-12/h3-4,7,11-12H,5-6,8-9H2,1-2H3/t11-,12-/m0/s1. The summed E-state index contributed by atoms with van der Waals surface area (Å²) in [4.78, 5) is 14.5. The van der Waals surface area contributed by atoms with Crippen LogP contribution in [0.25, 0.3) is 0 Å². The number of carbonyl (C=O) groups excluding carboxylic acids is 1. The first-order valence-electron chi connectivity index (χ1n) is 6.81. The van der Waals surface area contributed by atoms with Gasteiger partial charge in [-0.15, -0.1) is 0 Å². The molecule has 0 radical (unpaired) electrons. The molecule has 19 heavy (non-hydrogen) atoms. The Morgan fingerprint density at radius 3 is 3.00 bits per heavy atom. The van der Waals surface area contributed by atoms with Crippen molar-refractivity contribution in [1.29, 1.82) is 0 Å². The number of hydrogen-bond donors (Lipinski definition) is 0. The Kier molecular flexibility index (Phi) is 3.19. The predicted octanol–water partition coefficient (Wildman–Crippen LogP) is 2.15. The van der Waals surface area contributed by atoms with Gasteiger partial charge in [-0.05, 0) is 38.0 Å². The molecule has 1 aromatic carbocycles. The van der Waals surface area contributed by atoms with Crippen molar-refractivity contribution in [1.82, 2.24) is 0 Å². The summed E-state index contributed by atoms with van der Waals surface area (Å²) in [6.07, 6.45) is 0.854. The number of hydrogen-bond acceptors (Lipinski definition) is 3. The Labute approximate surface area is 113 Å². The van der Waals surface area contributed by atoms with E-state index in [-0.39, 0.29) is 17.9 Å². The smallest absolute Gasteiger partial charge is 0.232 e. The molecule has 4 nitrogen and oxygen atoms in total. The molecular formula is C15H19NO3. The van der Waals surface area contributed by atoms with Crippen LogP contribution < -0.4 is 9.64 Å². The Balaban J connectivity index is 1.93. The molecule has 0 spiro atoms. The summed E-state index contributed by atoms with van der Waals surface area (Å²) in [6, 6.07) is 5.99. The van der Waals surface area contributed by atoms with Crippen LogP contribution in [-0.4, -0.2) is 31.8 Å². The average molecular weight is 261 g/mol. The Hall–Kier alpha value is -1.55. The molecule has 2 aliphatic heterocycles. The molecule has 0 aliphatic carbocycles.